The Balaban J connectivity index is 2.74. The van der Waals surface area contributed by atoms with E-state index in [0.717, 1.165) is 10.9 Å². The number of alkyl halides is 1. The number of sulfonamides is 1. The average molecular weight is 355 g/mol. The van der Waals surface area contributed by atoms with Crippen molar-refractivity contribution in [1.82, 2.24) is 4.72 Å². The molecule has 0 aliphatic heterocycles. The van der Waals surface area contributed by atoms with Gasteiger partial charge in [0.1, 0.15) is 0 Å². The third-order valence-corrected chi connectivity index (χ3v) is 4.77. The number of halogens is 2. The van der Waals surface area contributed by atoms with Crippen molar-refractivity contribution in [2.45, 2.75) is 25.2 Å². The van der Waals surface area contributed by atoms with Crippen molar-refractivity contribution < 1.29 is 8.42 Å². The maximum absolute atomic E-state index is 12.0. The minimum absolute atomic E-state index is 0.149. The molecule has 0 spiro atoms. The molecule has 6 heteroatoms. The van der Waals surface area contributed by atoms with Crippen LogP contribution in [0.3, 0.4) is 0 Å². The third kappa shape index (κ3) is 4.88. The normalized spacial score (nSPS) is 12.7. The molecule has 0 heterocycles. The van der Waals surface area contributed by atoms with E-state index in [-0.39, 0.29) is 10.3 Å². The SMILES string of the molecule is CC(C)(CCCl)CNS(=O)(=O)c1ccc(Br)cc1. The standard InChI is InChI=1S/C12H17BrClNO2S/c1-12(2,7-8-14)9-15-18(16,17)11-5-3-10(13)4-6-11/h3-6,15H,7-9H2,1-2H3. The Bertz CT molecular complexity index is 485. The van der Waals surface area contributed by atoms with E-state index in [1.165, 1.54) is 0 Å². The van der Waals surface area contributed by atoms with Gasteiger partial charge in [-0.3, -0.25) is 0 Å². The summed E-state index contributed by atoms with van der Waals surface area (Å²) in [5.41, 5.74) is -0.149. The molecule has 0 bridgehead atoms. The number of benzene rings is 1. The van der Waals surface area contributed by atoms with Crippen molar-refractivity contribution in [1.29, 1.82) is 0 Å². The van der Waals surface area contributed by atoms with E-state index in [9.17, 15) is 8.42 Å². The van der Waals surface area contributed by atoms with Gasteiger partial charge in [0, 0.05) is 16.9 Å². The molecular formula is C12H17BrClNO2S. The Morgan fingerprint density at radius 2 is 1.83 bits per heavy atom. The fourth-order valence-corrected chi connectivity index (χ4v) is 3.35. The maximum Gasteiger partial charge on any atom is 0.240 e. The summed E-state index contributed by atoms with van der Waals surface area (Å²) < 4.78 is 27.5. The molecule has 102 valence electrons. The highest BCUT2D eigenvalue weighted by Crippen LogP contribution is 2.21. The monoisotopic (exact) mass is 353 g/mol. The highest BCUT2D eigenvalue weighted by atomic mass is 79.9. The van der Waals surface area contributed by atoms with E-state index in [2.05, 4.69) is 20.7 Å². The summed E-state index contributed by atoms with van der Waals surface area (Å²) in [7, 11) is -3.44. The Hall–Kier alpha value is -0.100. The van der Waals surface area contributed by atoms with Crippen LogP contribution in [0.5, 0.6) is 0 Å². The quantitative estimate of drug-likeness (QED) is 0.796. The van der Waals surface area contributed by atoms with E-state index in [1.54, 1.807) is 24.3 Å². The van der Waals surface area contributed by atoms with Gasteiger partial charge in [0.05, 0.1) is 4.90 Å². The van der Waals surface area contributed by atoms with Crippen LogP contribution < -0.4 is 4.72 Å². The van der Waals surface area contributed by atoms with Gasteiger partial charge in [-0.15, -0.1) is 11.6 Å². The van der Waals surface area contributed by atoms with E-state index >= 15 is 0 Å². The second kappa shape index (κ2) is 6.37. The topological polar surface area (TPSA) is 46.2 Å². The van der Waals surface area contributed by atoms with Crippen LogP contribution in [-0.4, -0.2) is 20.8 Å². The molecule has 1 N–H and O–H groups in total. The molecule has 0 aromatic heterocycles. The minimum atomic E-state index is -3.44. The van der Waals surface area contributed by atoms with Gasteiger partial charge in [0.2, 0.25) is 10.0 Å². The van der Waals surface area contributed by atoms with Crippen LogP contribution in [0.1, 0.15) is 20.3 Å². The lowest BCUT2D eigenvalue weighted by molar-refractivity contribution is 0.352. The number of hydrogen-bond acceptors (Lipinski definition) is 2. The summed E-state index contributed by atoms with van der Waals surface area (Å²) >= 11 is 8.96. The van der Waals surface area contributed by atoms with Crippen molar-refractivity contribution in [2.24, 2.45) is 5.41 Å². The molecule has 0 saturated heterocycles. The molecule has 0 amide bonds. The summed E-state index contributed by atoms with van der Waals surface area (Å²) in [6.07, 6.45) is 0.761. The molecule has 0 unspecified atom stereocenters. The van der Waals surface area contributed by atoms with Gasteiger partial charge in [0.15, 0.2) is 0 Å². The van der Waals surface area contributed by atoms with Crippen LogP contribution in [-0.2, 0) is 10.0 Å². The largest absolute Gasteiger partial charge is 0.240 e. The summed E-state index contributed by atoms with van der Waals surface area (Å²) in [6.45, 7) is 4.34. The molecule has 0 fully saturated rings. The minimum Gasteiger partial charge on any atom is -0.211 e. The average Bonchev–Trinajstić information content (AvgIpc) is 2.27. The molecule has 0 aliphatic rings. The second-order valence-corrected chi connectivity index (χ2v) is 7.94. The highest BCUT2D eigenvalue weighted by molar-refractivity contribution is 9.10. The predicted molar refractivity (Wildman–Crippen MR) is 78.4 cm³/mol. The summed E-state index contributed by atoms with van der Waals surface area (Å²) in [4.78, 5) is 0.271. The van der Waals surface area contributed by atoms with Crippen molar-refractivity contribution in [3.8, 4) is 0 Å². The zero-order valence-electron chi connectivity index (χ0n) is 10.4. The van der Waals surface area contributed by atoms with Crippen LogP contribution in [0.2, 0.25) is 0 Å². The van der Waals surface area contributed by atoms with E-state index in [0.29, 0.717) is 12.4 Å². The number of hydrogen-bond donors (Lipinski definition) is 1. The lowest BCUT2D eigenvalue weighted by atomic mass is 9.91. The molecule has 0 saturated carbocycles. The van der Waals surface area contributed by atoms with Gasteiger partial charge in [-0.05, 0) is 36.1 Å². The molecule has 1 aromatic rings. The zero-order chi connectivity index (χ0) is 13.8. The Morgan fingerprint density at radius 3 is 2.33 bits per heavy atom. The molecule has 1 rings (SSSR count). The van der Waals surface area contributed by atoms with Crippen molar-refractivity contribution in [2.75, 3.05) is 12.4 Å². The van der Waals surface area contributed by atoms with Gasteiger partial charge in [-0.25, -0.2) is 13.1 Å². The second-order valence-electron chi connectivity index (χ2n) is 4.88. The Kier molecular flexibility index (Phi) is 5.65. The smallest absolute Gasteiger partial charge is 0.211 e. The first-order valence-corrected chi connectivity index (χ1v) is 8.39. The van der Waals surface area contributed by atoms with Crippen LogP contribution in [0.4, 0.5) is 0 Å². The predicted octanol–water partition coefficient (Wildman–Crippen LogP) is 3.38. The molecule has 1 aromatic carbocycles. The third-order valence-electron chi connectivity index (χ3n) is 2.64. The van der Waals surface area contributed by atoms with Crippen LogP contribution in [0, 0.1) is 5.41 Å². The van der Waals surface area contributed by atoms with Crippen LogP contribution in [0.25, 0.3) is 0 Å². The van der Waals surface area contributed by atoms with Crippen molar-refractivity contribution >= 4 is 37.6 Å². The first-order valence-electron chi connectivity index (χ1n) is 5.58. The lowest BCUT2D eigenvalue weighted by Gasteiger charge is -2.23. The van der Waals surface area contributed by atoms with Crippen molar-refractivity contribution in [3.63, 3.8) is 0 Å². The molecular weight excluding hydrogens is 338 g/mol. The van der Waals surface area contributed by atoms with Gasteiger partial charge < -0.3 is 0 Å². The van der Waals surface area contributed by atoms with E-state index in [1.807, 2.05) is 13.8 Å². The fourth-order valence-electron chi connectivity index (χ4n) is 1.33. The van der Waals surface area contributed by atoms with E-state index in [4.69, 9.17) is 11.6 Å². The van der Waals surface area contributed by atoms with Crippen molar-refractivity contribution in [3.05, 3.63) is 28.7 Å². The fraction of sp³-hybridized carbons (Fsp3) is 0.500. The zero-order valence-corrected chi connectivity index (χ0v) is 13.6. The lowest BCUT2D eigenvalue weighted by Crippen LogP contribution is -2.34. The molecule has 0 aliphatic carbocycles. The summed E-state index contributed by atoms with van der Waals surface area (Å²) in [5.74, 6) is 0.521. The summed E-state index contributed by atoms with van der Waals surface area (Å²) in [6, 6.07) is 6.55. The van der Waals surface area contributed by atoms with Gasteiger partial charge in [-0.1, -0.05) is 29.8 Å². The first-order chi connectivity index (χ1) is 8.27. The highest BCUT2D eigenvalue weighted by Gasteiger charge is 2.21. The van der Waals surface area contributed by atoms with E-state index < -0.39 is 10.0 Å². The molecule has 18 heavy (non-hydrogen) atoms. The van der Waals surface area contributed by atoms with Gasteiger partial charge in [-0.2, -0.15) is 0 Å². The number of rotatable bonds is 6. The molecule has 0 atom stereocenters. The first kappa shape index (κ1) is 16.0. The van der Waals surface area contributed by atoms with Crippen LogP contribution in [0.15, 0.2) is 33.6 Å². The Morgan fingerprint density at radius 1 is 1.28 bits per heavy atom. The molecule has 0 radical (unpaired) electrons. The Labute approximate surface area is 122 Å². The maximum atomic E-state index is 12.0. The molecule has 3 nitrogen and oxygen atoms in total. The van der Waals surface area contributed by atoms with Gasteiger partial charge in [0.25, 0.3) is 0 Å². The summed E-state index contributed by atoms with van der Waals surface area (Å²) in [5, 5.41) is 0. The van der Waals surface area contributed by atoms with Gasteiger partial charge >= 0.3 is 0 Å². The van der Waals surface area contributed by atoms with Crippen LogP contribution >= 0.6 is 27.5 Å². The number of nitrogens with one attached hydrogen (secondary N) is 1.